The summed E-state index contributed by atoms with van der Waals surface area (Å²) in [7, 11) is -3.09. The van der Waals surface area contributed by atoms with Gasteiger partial charge in [0.25, 0.3) is 0 Å². The number of para-hydroxylation sites is 1. The molecule has 4 nitrogen and oxygen atoms in total. The highest BCUT2D eigenvalue weighted by molar-refractivity contribution is 7.89. The molecule has 2 rings (SSSR count). The van der Waals surface area contributed by atoms with Gasteiger partial charge >= 0.3 is 6.18 Å². The molecule has 0 aliphatic carbocycles. The zero-order valence-corrected chi connectivity index (χ0v) is 13.7. The Morgan fingerprint density at radius 2 is 1.91 bits per heavy atom. The van der Waals surface area contributed by atoms with Gasteiger partial charge in [0.15, 0.2) is 0 Å². The van der Waals surface area contributed by atoms with Gasteiger partial charge in [-0.25, -0.2) is 8.42 Å². The van der Waals surface area contributed by atoms with Crippen molar-refractivity contribution in [3.8, 4) is 5.75 Å². The highest BCUT2D eigenvalue weighted by Crippen LogP contribution is 2.30. The number of nitrogens with zero attached hydrogens (tertiary/aromatic N) is 1. The van der Waals surface area contributed by atoms with Crippen molar-refractivity contribution >= 4 is 21.4 Å². The van der Waals surface area contributed by atoms with Gasteiger partial charge in [-0.2, -0.15) is 28.8 Å². The molecule has 0 N–H and O–H groups in total. The van der Waals surface area contributed by atoms with Crippen LogP contribution in [0.2, 0.25) is 0 Å². The van der Waals surface area contributed by atoms with Crippen LogP contribution in [-0.4, -0.2) is 32.6 Å². The van der Waals surface area contributed by atoms with Crippen molar-refractivity contribution in [2.24, 2.45) is 0 Å². The Balaban J connectivity index is 2.43. The van der Waals surface area contributed by atoms with Crippen LogP contribution >= 0.6 is 11.3 Å². The van der Waals surface area contributed by atoms with Crippen molar-refractivity contribution in [2.45, 2.75) is 17.6 Å². The third kappa shape index (κ3) is 4.46. The number of benzene rings is 1. The predicted octanol–water partition coefficient (Wildman–Crippen LogP) is 3.51. The summed E-state index contributed by atoms with van der Waals surface area (Å²) >= 11 is 1.29. The SMILES string of the molecule is COc1ccccc1S(=O)(=O)N(Cc1ccsc1)CC(F)(F)F. The van der Waals surface area contributed by atoms with Crippen LogP contribution in [0.4, 0.5) is 13.2 Å². The molecule has 1 aromatic heterocycles. The minimum Gasteiger partial charge on any atom is -0.495 e. The Bertz CT molecular complexity index is 743. The first-order chi connectivity index (χ1) is 10.7. The molecule has 23 heavy (non-hydrogen) atoms. The Labute approximate surface area is 136 Å². The highest BCUT2D eigenvalue weighted by Gasteiger charge is 2.38. The summed E-state index contributed by atoms with van der Waals surface area (Å²) in [4.78, 5) is -0.290. The smallest absolute Gasteiger partial charge is 0.402 e. The average molecular weight is 365 g/mol. The van der Waals surface area contributed by atoms with E-state index in [1.807, 2.05) is 0 Å². The van der Waals surface area contributed by atoms with Crippen LogP contribution in [0.1, 0.15) is 5.56 Å². The van der Waals surface area contributed by atoms with E-state index < -0.39 is 22.7 Å². The van der Waals surface area contributed by atoms with E-state index in [0.29, 0.717) is 9.87 Å². The second kappa shape index (κ2) is 6.90. The third-order valence-electron chi connectivity index (χ3n) is 2.98. The summed E-state index contributed by atoms with van der Waals surface area (Å²) in [5.41, 5.74) is 0.498. The molecule has 0 unspecified atom stereocenters. The van der Waals surface area contributed by atoms with Crippen molar-refractivity contribution in [2.75, 3.05) is 13.7 Å². The van der Waals surface area contributed by atoms with E-state index in [1.165, 1.54) is 36.6 Å². The van der Waals surface area contributed by atoms with Crippen molar-refractivity contribution in [1.29, 1.82) is 0 Å². The number of sulfonamides is 1. The molecule has 126 valence electrons. The molecular formula is C14H14F3NO3S2. The summed E-state index contributed by atoms with van der Waals surface area (Å²) < 4.78 is 69.2. The number of hydrogen-bond donors (Lipinski definition) is 0. The fraction of sp³-hybridized carbons (Fsp3) is 0.286. The van der Waals surface area contributed by atoms with Gasteiger partial charge in [0.1, 0.15) is 17.2 Å². The number of thiophene rings is 1. The maximum absolute atomic E-state index is 12.8. The lowest BCUT2D eigenvalue weighted by atomic mass is 10.3. The summed E-state index contributed by atoms with van der Waals surface area (Å²) in [6.07, 6.45) is -4.65. The van der Waals surface area contributed by atoms with Crippen LogP contribution in [0.15, 0.2) is 46.0 Å². The minimum atomic E-state index is -4.65. The maximum atomic E-state index is 12.8. The minimum absolute atomic E-state index is 0.00462. The Morgan fingerprint density at radius 3 is 2.48 bits per heavy atom. The normalized spacial score (nSPS) is 12.6. The van der Waals surface area contributed by atoms with Gasteiger partial charge in [-0.1, -0.05) is 12.1 Å². The number of alkyl halides is 3. The average Bonchev–Trinajstić information content (AvgIpc) is 2.98. The first kappa shape index (κ1) is 17.8. The van der Waals surface area contributed by atoms with E-state index in [1.54, 1.807) is 22.9 Å². The number of hydrogen-bond acceptors (Lipinski definition) is 4. The molecule has 0 bridgehead atoms. The van der Waals surface area contributed by atoms with Crippen LogP contribution in [0.5, 0.6) is 5.75 Å². The van der Waals surface area contributed by atoms with E-state index in [2.05, 4.69) is 0 Å². The van der Waals surface area contributed by atoms with Gasteiger partial charge in [-0.15, -0.1) is 0 Å². The molecule has 0 atom stereocenters. The summed E-state index contributed by atoms with van der Waals surface area (Å²) in [6.45, 7) is -1.92. The third-order valence-corrected chi connectivity index (χ3v) is 5.54. The Hall–Kier alpha value is -1.58. The number of ether oxygens (including phenoxy) is 1. The number of halogens is 3. The van der Waals surface area contributed by atoms with E-state index >= 15 is 0 Å². The highest BCUT2D eigenvalue weighted by atomic mass is 32.2. The summed E-state index contributed by atoms with van der Waals surface area (Å²) in [5, 5.41) is 3.29. The second-order valence-corrected chi connectivity index (χ2v) is 7.36. The second-order valence-electron chi connectivity index (χ2n) is 4.67. The first-order valence-corrected chi connectivity index (χ1v) is 8.83. The molecule has 0 spiro atoms. The lowest BCUT2D eigenvalue weighted by Crippen LogP contribution is -2.38. The van der Waals surface area contributed by atoms with Crippen LogP contribution in [-0.2, 0) is 16.6 Å². The van der Waals surface area contributed by atoms with Crippen molar-refractivity contribution in [1.82, 2.24) is 4.31 Å². The van der Waals surface area contributed by atoms with Crippen molar-refractivity contribution < 1.29 is 26.3 Å². The predicted molar refractivity (Wildman–Crippen MR) is 81.0 cm³/mol. The molecule has 0 amide bonds. The van der Waals surface area contributed by atoms with Crippen LogP contribution in [0.3, 0.4) is 0 Å². The first-order valence-electron chi connectivity index (χ1n) is 6.45. The number of rotatable bonds is 6. The van der Waals surface area contributed by atoms with Crippen molar-refractivity contribution in [3.63, 3.8) is 0 Å². The van der Waals surface area contributed by atoms with Crippen molar-refractivity contribution in [3.05, 3.63) is 46.7 Å². The molecule has 0 aliphatic rings. The molecule has 0 radical (unpaired) electrons. The lowest BCUT2D eigenvalue weighted by molar-refractivity contribution is -0.136. The monoisotopic (exact) mass is 365 g/mol. The van der Waals surface area contributed by atoms with Gasteiger partial charge < -0.3 is 4.74 Å². The Morgan fingerprint density at radius 1 is 1.22 bits per heavy atom. The summed E-state index contributed by atoms with van der Waals surface area (Å²) in [6, 6.07) is 7.19. The fourth-order valence-electron chi connectivity index (χ4n) is 1.98. The van der Waals surface area contributed by atoms with Gasteiger partial charge in [0.2, 0.25) is 10.0 Å². The summed E-state index contributed by atoms with van der Waals surface area (Å²) in [5.74, 6) is 0.00462. The van der Waals surface area contributed by atoms with Gasteiger partial charge in [-0.3, -0.25) is 0 Å². The maximum Gasteiger partial charge on any atom is 0.402 e. The largest absolute Gasteiger partial charge is 0.495 e. The zero-order chi connectivity index (χ0) is 17.1. The molecule has 0 saturated heterocycles. The topological polar surface area (TPSA) is 46.6 Å². The standard InChI is InChI=1S/C14H14F3NO3S2/c1-21-12-4-2-3-5-13(12)23(19,20)18(10-14(15,16)17)8-11-6-7-22-9-11/h2-7,9H,8,10H2,1H3. The molecular weight excluding hydrogens is 351 g/mol. The molecule has 2 aromatic rings. The van der Waals surface area contributed by atoms with Crippen LogP contribution in [0.25, 0.3) is 0 Å². The lowest BCUT2D eigenvalue weighted by Gasteiger charge is -2.24. The number of methoxy groups -OCH3 is 1. The molecule has 0 saturated carbocycles. The Kier molecular flexibility index (Phi) is 5.33. The van der Waals surface area contributed by atoms with E-state index in [0.717, 1.165) is 0 Å². The van der Waals surface area contributed by atoms with Gasteiger partial charge in [-0.05, 0) is 34.5 Å². The van der Waals surface area contributed by atoms with E-state index in [4.69, 9.17) is 4.74 Å². The zero-order valence-electron chi connectivity index (χ0n) is 12.1. The molecule has 1 aromatic carbocycles. The molecule has 0 aliphatic heterocycles. The van der Waals surface area contributed by atoms with E-state index in [9.17, 15) is 21.6 Å². The van der Waals surface area contributed by atoms with Crippen LogP contribution < -0.4 is 4.74 Å². The van der Waals surface area contributed by atoms with Gasteiger partial charge in [0, 0.05) is 6.54 Å². The van der Waals surface area contributed by atoms with Gasteiger partial charge in [0.05, 0.1) is 7.11 Å². The van der Waals surface area contributed by atoms with Crippen LogP contribution in [0, 0.1) is 0 Å². The molecule has 0 fully saturated rings. The molecule has 9 heteroatoms. The molecule has 1 heterocycles. The van der Waals surface area contributed by atoms with E-state index in [-0.39, 0.29) is 17.2 Å². The fourth-order valence-corrected chi connectivity index (χ4v) is 4.21. The quantitative estimate of drug-likeness (QED) is 0.787.